The van der Waals surface area contributed by atoms with E-state index in [0.29, 0.717) is 0 Å². The molecule has 1 aromatic carbocycles. The second-order valence-corrected chi connectivity index (χ2v) is 3.40. The minimum Gasteiger partial charge on any atom is -0.366 e. The molecular formula is C11H10N4. The van der Waals surface area contributed by atoms with Crippen LogP contribution in [0.15, 0.2) is 42.9 Å². The largest absolute Gasteiger partial charge is 0.366 e. The van der Waals surface area contributed by atoms with Crippen LogP contribution in [0.25, 0.3) is 10.9 Å². The first kappa shape index (κ1) is 8.11. The van der Waals surface area contributed by atoms with Crippen molar-refractivity contribution >= 4 is 22.3 Å². The number of rotatable bonds is 2. The number of anilines is 2. The Hall–Kier alpha value is -2.23. The van der Waals surface area contributed by atoms with E-state index in [1.807, 2.05) is 36.8 Å². The van der Waals surface area contributed by atoms with Crippen LogP contribution in [0.1, 0.15) is 0 Å². The van der Waals surface area contributed by atoms with Crippen molar-refractivity contribution in [3.8, 4) is 0 Å². The number of nitrogens with zero attached hydrogens (tertiary/aromatic N) is 1. The molecule has 15 heavy (non-hydrogen) atoms. The minimum absolute atomic E-state index is 1.05. The van der Waals surface area contributed by atoms with Gasteiger partial charge in [0.05, 0.1) is 17.4 Å². The molecule has 0 fully saturated rings. The maximum atomic E-state index is 3.98. The van der Waals surface area contributed by atoms with E-state index >= 15 is 0 Å². The van der Waals surface area contributed by atoms with Gasteiger partial charge in [-0.3, -0.25) is 5.10 Å². The Kier molecular flexibility index (Phi) is 1.71. The number of aromatic nitrogens is 3. The standard InChI is InChI=1S/C11H10N4/c1-2-11-8(6-13-15-11)5-9(1)14-10-3-4-12-7-10/h1-7,12,14H,(H,13,15). The third-order valence-electron chi connectivity index (χ3n) is 2.33. The molecule has 4 heteroatoms. The minimum atomic E-state index is 1.05. The summed E-state index contributed by atoms with van der Waals surface area (Å²) in [6.07, 6.45) is 5.62. The molecule has 3 aromatic rings. The fraction of sp³-hybridized carbons (Fsp3) is 0. The molecule has 0 atom stereocenters. The van der Waals surface area contributed by atoms with Crippen molar-refractivity contribution in [2.45, 2.75) is 0 Å². The zero-order chi connectivity index (χ0) is 10.1. The van der Waals surface area contributed by atoms with Crippen molar-refractivity contribution in [3.05, 3.63) is 42.9 Å². The summed E-state index contributed by atoms with van der Waals surface area (Å²) in [5.74, 6) is 0. The molecular weight excluding hydrogens is 188 g/mol. The molecule has 74 valence electrons. The van der Waals surface area contributed by atoms with Gasteiger partial charge in [-0.2, -0.15) is 5.10 Å². The molecule has 3 N–H and O–H groups in total. The summed E-state index contributed by atoms with van der Waals surface area (Å²) in [6, 6.07) is 8.08. The van der Waals surface area contributed by atoms with Gasteiger partial charge in [0.2, 0.25) is 0 Å². The monoisotopic (exact) mass is 198 g/mol. The lowest BCUT2D eigenvalue weighted by Gasteiger charge is -2.02. The van der Waals surface area contributed by atoms with Crippen molar-refractivity contribution < 1.29 is 0 Å². The van der Waals surface area contributed by atoms with Crippen LogP contribution in [0.3, 0.4) is 0 Å². The predicted octanol–water partition coefficient (Wildman–Crippen LogP) is 2.63. The molecule has 0 spiro atoms. The smallest absolute Gasteiger partial charge is 0.0651 e. The third-order valence-corrected chi connectivity index (χ3v) is 2.33. The quantitative estimate of drug-likeness (QED) is 0.592. The van der Waals surface area contributed by atoms with Crippen molar-refractivity contribution in [2.24, 2.45) is 0 Å². The summed E-state index contributed by atoms with van der Waals surface area (Å²) in [4.78, 5) is 3.00. The summed E-state index contributed by atoms with van der Waals surface area (Å²) >= 11 is 0. The van der Waals surface area contributed by atoms with Gasteiger partial charge in [-0.1, -0.05) is 0 Å². The van der Waals surface area contributed by atoms with Crippen LogP contribution in [-0.4, -0.2) is 15.2 Å². The van der Waals surface area contributed by atoms with E-state index in [4.69, 9.17) is 0 Å². The van der Waals surface area contributed by atoms with Crippen LogP contribution in [0.4, 0.5) is 11.4 Å². The molecule has 0 saturated carbocycles. The van der Waals surface area contributed by atoms with Gasteiger partial charge in [0.15, 0.2) is 0 Å². The van der Waals surface area contributed by atoms with Gasteiger partial charge in [-0.05, 0) is 24.3 Å². The van der Waals surface area contributed by atoms with Gasteiger partial charge in [0, 0.05) is 23.5 Å². The second kappa shape index (κ2) is 3.16. The van der Waals surface area contributed by atoms with Gasteiger partial charge in [0.25, 0.3) is 0 Å². The van der Waals surface area contributed by atoms with Gasteiger partial charge in [-0.15, -0.1) is 0 Å². The van der Waals surface area contributed by atoms with Crippen LogP contribution in [0, 0.1) is 0 Å². The van der Waals surface area contributed by atoms with Gasteiger partial charge in [-0.25, -0.2) is 0 Å². The van der Waals surface area contributed by atoms with Crippen LogP contribution >= 0.6 is 0 Å². The summed E-state index contributed by atoms with van der Waals surface area (Å²) in [5.41, 5.74) is 3.16. The summed E-state index contributed by atoms with van der Waals surface area (Å²) in [7, 11) is 0. The Balaban J connectivity index is 1.97. The Morgan fingerprint density at radius 3 is 3.00 bits per heavy atom. The molecule has 0 saturated heterocycles. The molecule has 0 bridgehead atoms. The molecule has 2 aromatic heterocycles. The number of fused-ring (bicyclic) bond motifs is 1. The number of aromatic amines is 2. The van der Waals surface area contributed by atoms with E-state index in [-0.39, 0.29) is 0 Å². The van der Waals surface area contributed by atoms with E-state index in [1.165, 1.54) is 0 Å². The predicted molar refractivity (Wildman–Crippen MR) is 60.2 cm³/mol. The fourth-order valence-electron chi connectivity index (χ4n) is 1.59. The molecule has 0 unspecified atom stereocenters. The van der Waals surface area contributed by atoms with Gasteiger partial charge < -0.3 is 10.3 Å². The summed E-state index contributed by atoms with van der Waals surface area (Å²) in [6.45, 7) is 0. The summed E-state index contributed by atoms with van der Waals surface area (Å²) in [5, 5.41) is 11.3. The normalized spacial score (nSPS) is 10.7. The Morgan fingerprint density at radius 2 is 2.13 bits per heavy atom. The highest BCUT2D eigenvalue weighted by atomic mass is 15.1. The maximum absolute atomic E-state index is 3.98. The Labute approximate surface area is 86.3 Å². The number of hydrogen-bond acceptors (Lipinski definition) is 2. The lowest BCUT2D eigenvalue weighted by atomic mass is 10.2. The highest BCUT2D eigenvalue weighted by Gasteiger charge is 1.98. The first-order valence-electron chi connectivity index (χ1n) is 4.75. The number of nitrogens with one attached hydrogen (secondary N) is 3. The van der Waals surface area contributed by atoms with E-state index < -0.39 is 0 Å². The number of hydrogen-bond donors (Lipinski definition) is 3. The molecule has 3 rings (SSSR count). The third kappa shape index (κ3) is 1.46. The van der Waals surface area contributed by atoms with Crippen LogP contribution < -0.4 is 5.32 Å². The van der Waals surface area contributed by atoms with E-state index in [2.05, 4.69) is 26.6 Å². The zero-order valence-corrected chi connectivity index (χ0v) is 7.99. The average molecular weight is 198 g/mol. The van der Waals surface area contributed by atoms with Crippen molar-refractivity contribution in [2.75, 3.05) is 5.32 Å². The van der Waals surface area contributed by atoms with Gasteiger partial charge in [0.1, 0.15) is 0 Å². The molecule has 0 aliphatic rings. The molecule has 4 nitrogen and oxygen atoms in total. The van der Waals surface area contributed by atoms with Crippen LogP contribution in [-0.2, 0) is 0 Å². The second-order valence-electron chi connectivity index (χ2n) is 3.40. The Morgan fingerprint density at radius 1 is 1.13 bits per heavy atom. The van der Waals surface area contributed by atoms with Crippen LogP contribution in [0.2, 0.25) is 0 Å². The topological polar surface area (TPSA) is 56.5 Å². The number of H-pyrrole nitrogens is 2. The molecule has 0 radical (unpaired) electrons. The van der Waals surface area contributed by atoms with Gasteiger partial charge >= 0.3 is 0 Å². The van der Waals surface area contributed by atoms with Crippen molar-refractivity contribution in [3.63, 3.8) is 0 Å². The zero-order valence-electron chi connectivity index (χ0n) is 7.99. The first-order chi connectivity index (χ1) is 7.42. The van der Waals surface area contributed by atoms with Crippen LogP contribution in [0.5, 0.6) is 0 Å². The highest BCUT2D eigenvalue weighted by Crippen LogP contribution is 2.20. The van der Waals surface area contributed by atoms with E-state index in [1.54, 1.807) is 0 Å². The van der Waals surface area contributed by atoms with Crippen molar-refractivity contribution in [1.29, 1.82) is 0 Å². The van der Waals surface area contributed by atoms with E-state index in [9.17, 15) is 0 Å². The summed E-state index contributed by atoms with van der Waals surface area (Å²) < 4.78 is 0. The van der Waals surface area contributed by atoms with E-state index in [0.717, 1.165) is 22.3 Å². The maximum Gasteiger partial charge on any atom is 0.0651 e. The Bertz CT molecular complexity index is 565. The van der Waals surface area contributed by atoms with Crippen molar-refractivity contribution in [1.82, 2.24) is 15.2 Å². The molecule has 0 amide bonds. The SMILES string of the molecule is c1cc(Nc2ccc3[nH]ncc3c2)c[nH]1. The molecule has 2 heterocycles. The first-order valence-corrected chi connectivity index (χ1v) is 4.75. The molecule has 0 aliphatic heterocycles. The lowest BCUT2D eigenvalue weighted by molar-refractivity contribution is 1.12. The average Bonchev–Trinajstić information content (AvgIpc) is 2.87. The number of benzene rings is 1. The molecule has 0 aliphatic carbocycles. The lowest BCUT2D eigenvalue weighted by Crippen LogP contribution is -1.87. The highest BCUT2D eigenvalue weighted by molar-refractivity contribution is 5.82. The fourth-order valence-corrected chi connectivity index (χ4v) is 1.59.